The summed E-state index contributed by atoms with van der Waals surface area (Å²) in [4.78, 5) is 24.5. The van der Waals surface area contributed by atoms with Crippen molar-refractivity contribution >= 4 is 28.5 Å². The van der Waals surface area contributed by atoms with E-state index in [1.807, 2.05) is 19.1 Å². The van der Waals surface area contributed by atoms with Crippen molar-refractivity contribution < 1.29 is 18.7 Å². The SMILES string of the molecule is COc1ccc2c(C)c(CCC(=O)NCCOc3cccc(Cl)c3)c(=O)oc2c1. The number of methoxy groups -OCH3 is 1. The maximum atomic E-state index is 12.3. The van der Waals surface area contributed by atoms with Crippen molar-refractivity contribution in [3.63, 3.8) is 0 Å². The summed E-state index contributed by atoms with van der Waals surface area (Å²) in [6.07, 6.45) is 0.488. The zero-order chi connectivity index (χ0) is 20.8. The van der Waals surface area contributed by atoms with Crippen LogP contribution in [0.5, 0.6) is 11.5 Å². The van der Waals surface area contributed by atoms with Crippen LogP contribution in [0.4, 0.5) is 0 Å². The van der Waals surface area contributed by atoms with E-state index in [0.29, 0.717) is 47.2 Å². The minimum atomic E-state index is -0.430. The van der Waals surface area contributed by atoms with Crippen LogP contribution in [0.1, 0.15) is 17.5 Å². The maximum absolute atomic E-state index is 12.3. The number of fused-ring (bicyclic) bond motifs is 1. The van der Waals surface area contributed by atoms with Crippen LogP contribution >= 0.6 is 11.6 Å². The Balaban J connectivity index is 1.54. The van der Waals surface area contributed by atoms with Crippen molar-refractivity contribution in [2.24, 2.45) is 0 Å². The molecule has 3 aromatic rings. The molecule has 0 spiro atoms. The first-order valence-corrected chi connectivity index (χ1v) is 9.61. The van der Waals surface area contributed by atoms with Crippen LogP contribution in [0.3, 0.4) is 0 Å². The molecule has 1 N–H and O–H groups in total. The van der Waals surface area contributed by atoms with E-state index in [1.165, 1.54) is 0 Å². The zero-order valence-corrected chi connectivity index (χ0v) is 17.0. The molecule has 29 heavy (non-hydrogen) atoms. The van der Waals surface area contributed by atoms with Crippen molar-refractivity contribution in [2.45, 2.75) is 19.8 Å². The van der Waals surface area contributed by atoms with Gasteiger partial charge in [0.1, 0.15) is 23.7 Å². The van der Waals surface area contributed by atoms with Crippen molar-refractivity contribution in [2.75, 3.05) is 20.3 Å². The van der Waals surface area contributed by atoms with Gasteiger partial charge >= 0.3 is 5.63 Å². The van der Waals surface area contributed by atoms with Gasteiger partial charge in [-0.25, -0.2) is 4.79 Å². The van der Waals surface area contributed by atoms with E-state index in [2.05, 4.69) is 5.32 Å². The first-order chi connectivity index (χ1) is 14.0. The zero-order valence-electron chi connectivity index (χ0n) is 16.3. The smallest absolute Gasteiger partial charge is 0.339 e. The van der Waals surface area contributed by atoms with Gasteiger partial charge in [0.2, 0.25) is 5.91 Å². The summed E-state index contributed by atoms with van der Waals surface area (Å²) in [6, 6.07) is 12.4. The van der Waals surface area contributed by atoms with Crippen LogP contribution in [-0.2, 0) is 11.2 Å². The molecule has 1 aromatic heterocycles. The molecular formula is C22H22ClNO5. The maximum Gasteiger partial charge on any atom is 0.339 e. The number of aryl methyl sites for hydroxylation is 1. The molecule has 0 fully saturated rings. The van der Waals surface area contributed by atoms with Crippen molar-refractivity contribution in [3.05, 3.63) is 69.0 Å². The van der Waals surface area contributed by atoms with Crippen LogP contribution in [0.2, 0.25) is 5.02 Å². The predicted octanol–water partition coefficient (Wildman–Crippen LogP) is 3.89. The monoisotopic (exact) mass is 415 g/mol. The lowest BCUT2D eigenvalue weighted by atomic mass is 10.0. The normalized spacial score (nSPS) is 10.7. The first kappa shape index (κ1) is 20.7. The van der Waals surface area contributed by atoms with E-state index in [4.69, 9.17) is 25.5 Å². The minimum absolute atomic E-state index is 0.159. The standard InChI is InChI=1S/C22H22ClNO5/c1-14-18-7-6-16(27-2)13-20(18)29-22(26)19(14)8-9-21(25)24-10-11-28-17-5-3-4-15(23)12-17/h3-7,12-13H,8-11H2,1-2H3,(H,24,25). The van der Waals surface area contributed by atoms with E-state index < -0.39 is 5.63 Å². The number of hydrogen-bond acceptors (Lipinski definition) is 5. The van der Waals surface area contributed by atoms with Gasteiger partial charge in [0, 0.05) is 28.5 Å². The summed E-state index contributed by atoms with van der Waals surface area (Å²) in [7, 11) is 1.55. The number of ether oxygens (including phenoxy) is 2. The number of carbonyl (C=O) groups is 1. The molecule has 6 nitrogen and oxygen atoms in total. The van der Waals surface area contributed by atoms with Crippen LogP contribution in [0, 0.1) is 6.92 Å². The topological polar surface area (TPSA) is 77.8 Å². The second-order valence-corrected chi connectivity index (χ2v) is 6.95. The highest BCUT2D eigenvalue weighted by atomic mass is 35.5. The molecule has 0 aliphatic carbocycles. The number of hydrogen-bond donors (Lipinski definition) is 1. The summed E-state index contributed by atoms with van der Waals surface area (Å²) in [5.41, 5.74) is 1.36. The number of carbonyl (C=O) groups excluding carboxylic acids is 1. The quantitative estimate of drug-likeness (QED) is 0.446. The Morgan fingerprint density at radius 2 is 2.00 bits per heavy atom. The molecule has 152 valence electrons. The second kappa shape index (κ2) is 9.47. The van der Waals surface area contributed by atoms with Gasteiger partial charge in [0.15, 0.2) is 0 Å². The molecule has 0 aliphatic rings. The molecule has 0 saturated carbocycles. The average molecular weight is 416 g/mol. The number of rotatable bonds is 8. The van der Waals surface area contributed by atoms with Gasteiger partial charge in [-0.15, -0.1) is 0 Å². The molecule has 0 radical (unpaired) electrons. The molecule has 7 heteroatoms. The van der Waals surface area contributed by atoms with E-state index in [1.54, 1.807) is 37.4 Å². The minimum Gasteiger partial charge on any atom is -0.497 e. The largest absolute Gasteiger partial charge is 0.497 e. The Morgan fingerprint density at radius 3 is 2.76 bits per heavy atom. The fourth-order valence-corrected chi connectivity index (χ4v) is 3.21. The lowest BCUT2D eigenvalue weighted by Gasteiger charge is -2.10. The molecule has 0 atom stereocenters. The number of amides is 1. The summed E-state index contributed by atoms with van der Waals surface area (Å²) in [5, 5.41) is 4.20. The Morgan fingerprint density at radius 1 is 1.17 bits per heavy atom. The summed E-state index contributed by atoms with van der Waals surface area (Å²) < 4.78 is 16.1. The third kappa shape index (κ3) is 5.29. The fraction of sp³-hybridized carbons (Fsp3) is 0.273. The molecule has 0 saturated heterocycles. The Bertz CT molecular complexity index is 1080. The van der Waals surface area contributed by atoms with Crippen LogP contribution in [0.25, 0.3) is 11.0 Å². The number of benzene rings is 2. The van der Waals surface area contributed by atoms with E-state index in [9.17, 15) is 9.59 Å². The highest BCUT2D eigenvalue weighted by Gasteiger charge is 2.13. The van der Waals surface area contributed by atoms with Gasteiger partial charge in [-0.3, -0.25) is 4.79 Å². The first-order valence-electron chi connectivity index (χ1n) is 9.23. The average Bonchev–Trinajstić information content (AvgIpc) is 2.70. The molecular weight excluding hydrogens is 394 g/mol. The van der Waals surface area contributed by atoms with E-state index >= 15 is 0 Å². The second-order valence-electron chi connectivity index (χ2n) is 6.51. The van der Waals surface area contributed by atoms with Crippen molar-refractivity contribution in [1.29, 1.82) is 0 Å². The highest BCUT2D eigenvalue weighted by Crippen LogP contribution is 2.24. The van der Waals surface area contributed by atoms with Crippen LogP contribution in [0.15, 0.2) is 51.7 Å². The Kier molecular flexibility index (Phi) is 6.77. The van der Waals surface area contributed by atoms with Crippen molar-refractivity contribution in [3.8, 4) is 11.5 Å². The molecule has 3 rings (SSSR count). The highest BCUT2D eigenvalue weighted by molar-refractivity contribution is 6.30. The molecule has 2 aromatic carbocycles. The number of halogens is 1. The van der Waals surface area contributed by atoms with Gasteiger partial charge < -0.3 is 19.2 Å². The Hall–Kier alpha value is -2.99. The van der Waals surface area contributed by atoms with E-state index in [-0.39, 0.29) is 12.3 Å². The summed E-state index contributed by atoms with van der Waals surface area (Å²) >= 11 is 5.90. The third-order valence-corrected chi connectivity index (χ3v) is 4.82. The molecule has 0 unspecified atom stereocenters. The van der Waals surface area contributed by atoms with Gasteiger partial charge in [-0.1, -0.05) is 17.7 Å². The fourth-order valence-electron chi connectivity index (χ4n) is 3.03. The van der Waals surface area contributed by atoms with E-state index in [0.717, 1.165) is 10.9 Å². The van der Waals surface area contributed by atoms with Crippen LogP contribution in [-0.4, -0.2) is 26.2 Å². The van der Waals surface area contributed by atoms with Gasteiger partial charge in [0.05, 0.1) is 13.7 Å². The lowest BCUT2D eigenvalue weighted by molar-refractivity contribution is -0.121. The summed E-state index contributed by atoms with van der Waals surface area (Å²) in [5.74, 6) is 1.10. The summed E-state index contributed by atoms with van der Waals surface area (Å²) in [6.45, 7) is 2.54. The van der Waals surface area contributed by atoms with Crippen molar-refractivity contribution in [1.82, 2.24) is 5.32 Å². The number of nitrogens with one attached hydrogen (secondary N) is 1. The van der Waals surface area contributed by atoms with Gasteiger partial charge in [-0.05, 0) is 49.2 Å². The van der Waals surface area contributed by atoms with Gasteiger partial charge in [-0.2, -0.15) is 0 Å². The van der Waals surface area contributed by atoms with Crippen LogP contribution < -0.4 is 20.4 Å². The molecule has 1 heterocycles. The molecule has 0 bridgehead atoms. The van der Waals surface area contributed by atoms with Gasteiger partial charge in [0.25, 0.3) is 0 Å². The predicted molar refractivity (Wildman–Crippen MR) is 112 cm³/mol. The lowest BCUT2D eigenvalue weighted by Crippen LogP contribution is -2.28. The Labute approximate surface area is 173 Å². The third-order valence-electron chi connectivity index (χ3n) is 4.59. The molecule has 0 aliphatic heterocycles. The molecule has 1 amide bonds.